The van der Waals surface area contributed by atoms with Crippen molar-refractivity contribution in [1.29, 1.82) is 0 Å². The highest BCUT2D eigenvalue weighted by Gasteiger charge is 2.58. The summed E-state index contributed by atoms with van der Waals surface area (Å²) >= 11 is 0. The van der Waals surface area contributed by atoms with Crippen molar-refractivity contribution in [3.05, 3.63) is 35.9 Å². The quantitative estimate of drug-likeness (QED) is 0.869. The van der Waals surface area contributed by atoms with E-state index in [9.17, 15) is 14.7 Å². The van der Waals surface area contributed by atoms with Crippen LogP contribution in [0.4, 0.5) is 0 Å². The van der Waals surface area contributed by atoms with E-state index in [0.717, 1.165) is 6.42 Å². The van der Waals surface area contributed by atoms with Crippen molar-refractivity contribution in [2.45, 2.75) is 32.1 Å². The molecule has 1 aromatic rings. The summed E-state index contributed by atoms with van der Waals surface area (Å²) in [5, 5.41) is 9.25. The van der Waals surface area contributed by atoms with Crippen LogP contribution >= 0.6 is 0 Å². The lowest BCUT2D eigenvalue weighted by Gasteiger charge is -2.38. The maximum atomic E-state index is 12.5. The van der Waals surface area contributed by atoms with Crippen LogP contribution in [0.5, 0.6) is 0 Å². The number of carbonyl (C=O) groups excluding carboxylic acids is 1. The van der Waals surface area contributed by atoms with Gasteiger partial charge in [0.25, 0.3) is 0 Å². The van der Waals surface area contributed by atoms with Gasteiger partial charge in [0.1, 0.15) is 5.41 Å². The Bertz CT molecular complexity index is 550. The fraction of sp³-hybridized carbons (Fsp3) is 0.529. The summed E-state index contributed by atoms with van der Waals surface area (Å²) in [7, 11) is 0. The number of hydrogen-bond donors (Lipinski definition) is 1. The molecule has 0 radical (unpaired) electrons. The second-order valence-electron chi connectivity index (χ2n) is 6.42. The van der Waals surface area contributed by atoms with E-state index in [1.54, 1.807) is 4.90 Å². The molecule has 0 bridgehead atoms. The van der Waals surface area contributed by atoms with E-state index in [-0.39, 0.29) is 5.91 Å². The van der Waals surface area contributed by atoms with Gasteiger partial charge in [0, 0.05) is 13.1 Å². The Morgan fingerprint density at radius 2 is 1.90 bits per heavy atom. The molecular weight excluding hydrogens is 266 g/mol. The normalized spacial score (nSPS) is 27.2. The topological polar surface area (TPSA) is 57.6 Å². The Morgan fingerprint density at radius 3 is 2.43 bits per heavy atom. The predicted octanol–water partition coefficient (Wildman–Crippen LogP) is 2.50. The Balaban J connectivity index is 1.69. The number of carbonyl (C=O) groups is 2. The highest BCUT2D eigenvalue weighted by Crippen LogP contribution is 2.48. The number of benzene rings is 1. The first-order chi connectivity index (χ1) is 10.0. The number of amides is 1. The van der Waals surface area contributed by atoms with Crippen LogP contribution in [0.1, 0.15) is 37.7 Å². The summed E-state index contributed by atoms with van der Waals surface area (Å²) in [5.74, 6) is -0.316. The molecule has 2 aliphatic rings. The number of nitrogens with zero attached hydrogens (tertiary/aromatic N) is 1. The van der Waals surface area contributed by atoms with Crippen LogP contribution in [0.25, 0.3) is 0 Å². The first-order valence-electron chi connectivity index (χ1n) is 7.62. The van der Waals surface area contributed by atoms with Gasteiger partial charge in [-0.1, -0.05) is 37.3 Å². The number of carboxylic acids is 1. The molecule has 2 atom stereocenters. The maximum absolute atomic E-state index is 12.5. The third-order valence-corrected chi connectivity index (χ3v) is 4.99. The molecular formula is C17H21NO3. The number of hydrogen-bond acceptors (Lipinski definition) is 2. The standard InChI is InChI=1S/C17H21NO3/c1-12-11-18(15(19)17(8-9-17)16(20)21)10-7-14(12)13-5-3-2-4-6-13/h2-6,12,14H,7-11H2,1H3,(H,20,21)/t12-,14-/m0/s1. The van der Waals surface area contributed by atoms with Gasteiger partial charge in [0.05, 0.1) is 0 Å². The molecule has 1 heterocycles. The van der Waals surface area contributed by atoms with Crippen LogP contribution < -0.4 is 0 Å². The summed E-state index contributed by atoms with van der Waals surface area (Å²) in [6.45, 7) is 3.47. The zero-order valence-electron chi connectivity index (χ0n) is 12.3. The summed E-state index contributed by atoms with van der Waals surface area (Å²) in [6.07, 6.45) is 1.90. The van der Waals surface area contributed by atoms with Crippen molar-refractivity contribution < 1.29 is 14.7 Å². The molecule has 21 heavy (non-hydrogen) atoms. The van der Waals surface area contributed by atoms with Gasteiger partial charge in [-0.3, -0.25) is 9.59 Å². The van der Waals surface area contributed by atoms with Crippen LogP contribution in [-0.4, -0.2) is 35.0 Å². The highest BCUT2D eigenvalue weighted by molar-refractivity contribution is 6.04. The summed E-state index contributed by atoms with van der Waals surface area (Å²) in [5.41, 5.74) is 0.218. The zero-order chi connectivity index (χ0) is 15.0. The van der Waals surface area contributed by atoms with Gasteiger partial charge < -0.3 is 10.0 Å². The molecule has 0 spiro atoms. The van der Waals surface area contributed by atoms with Crippen LogP contribution in [0, 0.1) is 11.3 Å². The van der Waals surface area contributed by atoms with Crippen LogP contribution in [0.3, 0.4) is 0 Å². The van der Waals surface area contributed by atoms with Crippen molar-refractivity contribution >= 4 is 11.9 Å². The van der Waals surface area contributed by atoms with Crippen LogP contribution in [0.2, 0.25) is 0 Å². The van der Waals surface area contributed by atoms with Crippen LogP contribution in [-0.2, 0) is 9.59 Å². The summed E-state index contributed by atoms with van der Waals surface area (Å²) in [6, 6.07) is 10.4. The van der Waals surface area contributed by atoms with Crippen molar-refractivity contribution in [3.63, 3.8) is 0 Å². The molecule has 1 aliphatic carbocycles. The largest absolute Gasteiger partial charge is 0.480 e. The second kappa shape index (κ2) is 5.17. The Labute approximate surface area is 124 Å². The van der Waals surface area contributed by atoms with E-state index in [1.165, 1.54) is 5.56 Å². The average Bonchev–Trinajstić information content (AvgIpc) is 3.29. The van der Waals surface area contributed by atoms with Crippen LogP contribution in [0.15, 0.2) is 30.3 Å². The second-order valence-corrected chi connectivity index (χ2v) is 6.42. The molecule has 0 unspecified atom stereocenters. The average molecular weight is 287 g/mol. The number of piperidine rings is 1. The SMILES string of the molecule is C[C@H]1CN(C(=O)C2(C(=O)O)CC2)CC[C@@H]1c1ccccc1. The minimum Gasteiger partial charge on any atom is -0.480 e. The van der Waals surface area contributed by atoms with E-state index in [0.29, 0.717) is 37.8 Å². The molecule has 1 aliphatic heterocycles. The third kappa shape index (κ3) is 2.43. The van der Waals surface area contributed by atoms with Gasteiger partial charge >= 0.3 is 5.97 Å². The molecule has 1 amide bonds. The van der Waals surface area contributed by atoms with Gasteiger partial charge in [-0.15, -0.1) is 0 Å². The van der Waals surface area contributed by atoms with Gasteiger partial charge in [-0.05, 0) is 36.7 Å². The Hall–Kier alpha value is -1.84. The fourth-order valence-electron chi connectivity index (χ4n) is 3.47. The molecule has 4 nitrogen and oxygen atoms in total. The fourth-order valence-corrected chi connectivity index (χ4v) is 3.47. The van der Waals surface area contributed by atoms with Crippen molar-refractivity contribution in [3.8, 4) is 0 Å². The minimum absolute atomic E-state index is 0.173. The lowest BCUT2D eigenvalue weighted by molar-refractivity contribution is -0.154. The Morgan fingerprint density at radius 1 is 1.24 bits per heavy atom. The molecule has 0 aromatic heterocycles. The number of aliphatic carboxylic acids is 1. The van der Waals surface area contributed by atoms with Gasteiger partial charge in [-0.25, -0.2) is 0 Å². The molecule has 4 heteroatoms. The lowest BCUT2D eigenvalue weighted by Crippen LogP contribution is -2.47. The zero-order valence-corrected chi connectivity index (χ0v) is 12.3. The smallest absolute Gasteiger partial charge is 0.319 e. The van der Waals surface area contributed by atoms with E-state index in [2.05, 4.69) is 19.1 Å². The summed E-state index contributed by atoms with van der Waals surface area (Å²) < 4.78 is 0. The molecule has 3 rings (SSSR count). The number of carboxylic acid groups (broad SMARTS) is 1. The van der Waals surface area contributed by atoms with Crippen molar-refractivity contribution in [2.75, 3.05) is 13.1 Å². The third-order valence-electron chi connectivity index (χ3n) is 4.99. The maximum Gasteiger partial charge on any atom is 0.319 e. The van der Waals surface area contributed by atoms with Crippen molar-refractivity contribution in [1.82, 2.24) is 4.90 Å². The number of likely N-dealkylation sites (tertiary alicyclic amines) is 1. The molecule has 2 fully saturated rings. The minimum atomic E-state index is -1.10. The molecule has 112 valence electrons. The Kier molecular flexibility index (Phi) is 3.47. The molecule has 1 saturated carbocycles. The van der Waals surface area contributed by atoms with E-state index >= 15 is 0 Å². The van der Waals surface area contributed by atoms with Crippen molar-refractivity contribution in [2.24, 2.45) is 11.3 Å². The van der Waals surface area contributed by atoms with Gasteiger partial charge in [-0.2, -0.15) is 0 Å². The molecule has 1 aromatic carbocycles. The predicted molar refractivity (Wildman–Crippen MR) is 78.8 cm³/mol. The first-order valence-corrected chi connectivity index (χ1v) is 7.62. The number of rotatable bonds is 3. The monoisotopic (exact) mass is 287 g/mol. The van der Waals surface area contributed by atoms with Gasteiger partial charge in [0.15, 0.2) is 0 Å². The molecule has 1 N–H and O–H groups in total. The lowest BCUT2D eigenvalue weighted by atomic mass is 9.81. The van der Waals surface area contributed by atoms with E-state index in [1.807, 2.05) is 18.2 Å². The molecule has 1 saturated heterocycles. The highest BCUT2D eigenvalue weighted by atomic mass is 16.4. The van der Waals surface area contributed by atoms with Gasteiger partial charge in [0.2, 0.25) is 5.91 Å². The van der Waals surface area contributed by atoms with E-state index < -0.39 is 11.4 Å². The van der Waals surface area contributed by atoms with E-state index in [4.69, 9.17) is 0 Å². The summed E-state index contributed by atoms with van der Waals surface area (Å²) in [4.78, 5) is 25.5. The first kappa shape index (κ1) is 14.1.